The van der Waals surface area contributed by atoms with E-state index in [1.165, 1.54) is 0 Å². The molecular formula is C9H21NO4P+. The Hall–Kier alpha value is -0.0600. The summed E-state index contributed by atoms with van der Waals surface area (Å²) >= 11 is 0. The molecule has 0 spiro atoms. The zero-order chi connectivity index (χ0) is 11.4. The van der Waals surface area contributed by atoms with Gasteiger partial charge in [0, 0.05) is 13.0 Å². The molecule has 0 rings (SSSR count). The van der Waals surface area contributed by atoms with Crippen LogP contribution in [-0.4, -0.2) is 45.7 Å². The molecule has 1 atom stereocenters. The van der Waals surface area contributed by atoms with E-state index >= 15 is 0 Å². The Labute approximate surface area is 92.1 Å². The van der Waals surface area contributed by atoms with Gasteiger partial charge in [0.25, 0.3) is 0 Å². The SMILES string of the molecule is CCOCCOCCO[P+](=O)CCCN. The van der Waals surface area contributed by atoms with E-state index in [0.717, 1.165) is 6.42 Å². The molecule has 1 unspecified atom stereocenters. The summed E-state index contributed by atoms with van der Waals surface area (Å²) in [6, 6.07) is 0. The van der Waals surface area contributed by atoms with Crippen LogP contribution >= 0.6 is 8.03 Å². The Morgan fingerprint density at radius 2 is 1.80 bits per heavy atom. The zero-order valence-electron chi connectivity index (χ0n) is 9.31. The van der Waals surface area contributed by atoms with Gasteiger partial charge in [0.05, 0.1) is 19.8 Å². The standard InChI is InChI=1S/C9H21NO4P/c1-2-12-5-6-13-7-8-14-15(11)9-3-4-10/h2-10H2,1H3/q+1. The first-order valence-corrected chi connectivity index (χ1v) is 6.60. The van der Waals surface area contributed by atoms with Crippen molar-refractivity contribution in [3.63, 3.8) is 0 Å². The summed E-state index contributed by atoms with van der Waals surface area (Å²) in [5.74, 6) is 0. The van der Waals surface area contributed by atoms with Crippen LogP contribution in [0, 0.1) is 0 Å². The fraction of sp³-hybridized carbons (Fsp3) is 1.00. The third kappa shape index (κ3) is 11.9. The molecule has 0 saturated carbocycles. The summed E-state index contributed by atoms with van der Waals surface area (Å²) in [4.78, 5) is 0. The van der Waals surface area contributed by atoms with Gasteiger partial charge in [0.1, 0.15) is 6.61 Å². The van der Waals surface area contributed by atoms with Crippen molar-refractivity contribution in [3.8, 4) is 0 Å². The van der Waals surface area contributed by atoms with Crippen molar-refractivity contribution in [3.05, 3.63) is 0 Å². The van der Waals surface area contributed by atoms with Crippen LogP contribution in [0.2, 0.25) is 0 Å². The van der Waals surface area contributed by atoms with E-state index in [1.807, 2.05) is 6.92 Å². The fourth-order valence-corrected chi connectivity index (χ4v) is 1.70. The van der Waals surface area contributed by atoms with Gasteiger partial charge in [-0.1, -0.05) is 0 Å². The van der Waals surface area contributed by atoms with Crippen molar-refractivity contribution in [1.82, 2.24) is 0 Å². The topological polar surface area (TPSA) is 70.8 Å². The fourth-order valence-electron chi connectivity index (χ4n) is 0.847. The van der Waals surface area contributed by atoms with Gasteiger partial charge < -0.3 is 15.2 Å². The maximum absolute atomic E-state index is 11.1. The summed E-state index contributed by atoms with van der Waals surface area (Å²) in [7, 11) is -1.56. The minimum Gasteiger partial charge on any atom is -0.379 e. The molecule has 0 aromatic heterocycles. The Balaban J connectivity index is 3.06. The second kappa shape index (κ2) is 12.0. The smallest absolute Gasteiger partial charge is 0.379 e. The Morgan fingerprint density at radius 1 is 1.13 bits per heavy atom. The van der Waals surface area contributed by atoms with Crippen LogP contribution in [0.15, 0.2) is 0 Å². The molecular weight excluding hydrogens is 217 g/mol. The number of hydrogen-bond donors (Lipinski definition) is 1. The van der Waals surface area contributed by atoms with E-state index in [0.29, 0.717) is 45.7 Å². The van der Waals surface area contributed by atoms with Gasteiger partial charge in [-0.15, -0.1) is 4.52 Å². The zero-order valence-corrected chi connectivity index (χ0v) is 10.2. The number of hydrogen-bond acceptors (Lipinski definition) is 5. The van der Waals surface area contributed by atoms with E-state index in [1.54, 1.807) is 0 Å². The van der Waals surface area contributed by atoms with Crippen molar-refractivity contribution in [2.45, 2.75) is 13.3 Å². The molecule has 90 valence electrons. The highest BCUT2D eigenvalue weighted by Gasteiger charge is 2.15. The van der Waals surface area contributed by atoms with Crippen LogP contribution in [0.25, 0.3) is 0 Å². The number of rotatable bonds is 11. The molecule has 0 amide bonds. The Morgan fingerprint density at radius 3 is 2.47 bits per heavy atom. The van der Waals surface area contributed by atoms with E-state index in [4.69, 9.17) is 19.7 Å². The number of nitrogens with two attached hydrogens (primary N) is 1. The first kappa shape index (κ1) is 14.9. The van der Waals surface area contributed by atoms with Crippen molar-refractivity contribution in [2.75, 3.05) is 45.7 Å². The van der Waals surface area contributed by atoms with Gasteiger partial charge in [-0.2, -0.15) is 0 Å². The second-order valence-electron chi connectivity index (χ2n) is 2.84. The van der Waals surface area contributed by atoms with E-state index in [-0.39, 0.29) is 0 Å². The highest BCUT2D eigenvalue weighted by molar-refractivity contribution is 7.39. The molecule has 0 bridgehead atoms. The molecule has 15 heavy (non-hydrogen) atoms. The van der Waals surface area contributed by atoms with E-state index < -0.39 is 8.03 Å². The largest absolute Gasteiger partial charge is 0.508 e. The van der Waals surface area contributed by atoms with Gasteiger partial charge in [-0.05, 0) is 18.0 Å². The summed E-state index contributed by atoms with van der Waals surface area (Å²) in [6.45, 7) is 5.15. The highest BCUT2D eigenvalue weighted by atomic mass is 31.1. The molecule has 5 nitrogen and oxygen atoms in total. The lowest BCUT2D eigenvalue weighted by atomic mass is 10.5. The third-order valence-electron chi connectivity index (χ3n) is 1.58. The van der Waals surface area contributed by atoms with E-state index in [9.17, 15) is 4.57 Å². The second-order valence-corrected chi connectivity index (χ2v) is 4.21. The lowest BCUT2D eigenvalue weighted by molar-refractivity contribution is 0.0415. The predicted octanol–water partition coefficient (Wildman–Crippen LogP) is 1.15. The van der Waals surface area contributed by atoms with Crippen molar-refractivity contribution >= 4 is 8.03 Å². The summed E-state index contributed by atoms with van der Waals surface area (Å²) in [6.07, 6.45) is 1.27. The van der Waals surface area contributed by atoms with Gasteiger partial charge in [0.2, 0.25) is 0 Å². The predicted molar refractivity (Wildman–Crippen MR) is 59.4 cm³/mol. The first-order chi connectivity index (χ1) is 7.31. The molecule has 0 heterocycles. The quantitative estimate of drug-likeness (QED) is 0.432. The van der Waals surface area contributed by atoms with Gasteiger partial charge in [0.15, 0.2) is 6.16 Å². The average molecular weight is 238 g/mol. The van der Waals surface area contributed by atoms with Crippen molar-refractivity contribution in [2.24, 2.45) is 5.73 Å². The molecule has 2 N–H and O–H groups in total. The minimum absolute atomic E-state index is 0.367. The molecule has 0 saturated heterocycles. The van der Waals surface area contributed by atoms with Crippen molar-refractivity contribution < 1.29 is 18.6 Å². The van der Waals surface area contributed by atoms with Gasteiger partial charge in [-0.3, -0.25) is 0 Å². The monoisotopic (exact) mass is 238 g/mol. The summed E-state index contributed by atoms with van der Waals surface area (Å²) in [5.41, 5.74) is 5.28. The summed E-state index contributed by atoms with van der Waals surface area (Å²) < 4.78 is 26.4. The maximum Gasteiger partial charge on any atom is 0.508 e. The van der Waals surface area contributed by atoms with Crippen molar-refractivity contribution in [1.29, 1.82) is 0 Å². The highest BCUT2D eigenvalue weighted by Crippen LogP contribution is 2.21. The molecule has 0 fully saturated rings. The molecule has 0 aromatic rings. The molecule has 0 aliphatic carbocycles. The van der Waals surface area contributed by atoms with Crippen LogP contribution in [0.1, 0.15) is 13.3 Å². The molecule has 0 aliphatic rings. The normalized spacial score (nSPS) is 11.7. The molecule has 0 aliphatic heterocycles. The minimum atomic E-state index is -1.56. The van der Waals surface area contributed by atoms with Gasteiger partial charge >= 0.3 is 8.03 Å². The van der Waals surface area contributed by atoms with Crippen LogP contribution in [-0.2, 0) is 18.6 Å². The summed E-state index contributed by atoms with van der Waals surface area (Å²) in [5, 5.41) is 0. The Bertz CT molecular complexity index is 157. The van der Waals surface area contributed by atoms with Crippen LogP contribution in [0.3, 0.4) is 0 Å². The van der Waals surface area contributed by atoms with Crippen LogP contribution in [0.4, 0.5) is 0 Å². The van der Waals surface area contributed by atoms with Gasteiger partial charge in [-0.25, -0.2) is 0 Å². The third-order valence-corrected chi connectivity index (χ3v) is 2.74. The molecule has 6 heteroatoms. The van der Waals surface area contributed by atoms with Crippen LogP contribution in [0.5, 0.6) is 0 Å². The Kier molecular flexibility index (Phi) is 12.0. The maximum atomic E-state index is 11.1. The molecule has 0 aromatic carbocycles. The number of ether oxygens (including phenoxy) is 2. The average Bonchev–Trinajstić information content (AvgIpc) is 2.25. The molecule has 0 radical (unpaired) electrons. The van der Waals surface area contributed by atoms with E-state index in [2.05, 4.69) is 0 Å². The lowest BCUT2D eigenvalue weighted by Gasteiger charge is -2.01. The first-order valence-electron chi connectivity index (χ1n) is 5.24. The van der Waals surface area contributed by atoms with Crippen LogP contribution < -0.4 is 5.73 Å². The lowest BCUT2D eigenvalue weighted by Crippen LogP contribution is -2.08.